The van der Waals surface area contributed by atoms with E-state index < -0.39 is 5.97 Å². The van der Waals surface area contributed by atoms with E-state index in [0.717, 1.165) is 37.5 Å². The maximum absolute atomic E-state index is 12.7. The van der Waals surface area contributed by atoms with Gasteiger partial charge in [-0.1, -0.05) is 5.92 Å². The van der Waals surface area contributed by atoms with Crippen LogP contribution in [0.5, 0.6) is 0 Å². The summed E-state index contributed by atoms with van der Waals surface area (Å²) in [7, 11) is 0. The van der Waals surface area contributed by atoms with E-state index in [-0.39, 0.29) is 24.9 Å². The van der Waals surface area contributed by atoms with E-state index in [4.69, 9.17) is 11.5 Å². The number of carboxylic acids is 1. The first-order valence-corrected chi connectivity index (χ1v) is 7.52. The van der Waals surface area contributed by atoms with Crippen molar-refractivity contribution in [3.8, 4) is 12.3 Å². The van der Waals surface area contributed by atoms with Crippen molar-refractivity contribution in [2.75, 3.05) is 13.1 Å². The lowest BCUT2D eigenvalue weighted by molar-refractivity contribution is -0.153. The van der Waals surface area contributed by atoms with Crippen LogP contribution in [0.4, 0.5) is 0 Å². The van der Waals surface area contributed by atoms with Gasteiger partial charge in [0.25, 0.3) is 0 Å². The predicted molar refractivity (Wildman–Crippen MR) is 73.6 cm³/mol. The monoisotopic (exact) mass is 275 g/mol. The molecule has 4 heteroatoms. The summed E-state index contributed by atoms with van der Waals surface area (Å²) < 4.78 is 0. The fraction of sp³-hybridized carbons (Fsp3) is 0.750. The topological polar surface area (TPSA) is 57.6 Å². The smallest absolute Gasteiger partial charge is 0.323 e. The Labute approximate surface area is 119 Å². The number of amides is 1. The number of rotatable bonds is 4. The molecule has 0 saturated heterocycles. The van der Waals surface area contributed by atoms with Gasteiger partial charge in [-0.15, -0.1) is 6.42 Å². The van der Waals surface area contributed by atoms with E-state index in [2.05, 4.69) is 5.92 Å². The minimum absolute atomic E-state index is 0.0147. The van der Waals surface area contributed by atoms with Crippen LogP contribution in [0.1, 0.15) is 32.1 Å². The second-order valence-electron chi connectivity index (χ2n) is 6.75. The van der Waals surface area contributed by atoms with Gasteiger partial charge < -0.3 is 10.0 Å². The average molecular weight is 275 g/mol. The molecule has 20 heavy (non-hydrogen) atoms. The Hall–Kier alpha value is -1.50. The van der Waals surface area contributed by atoms with Crippen molar-refractivity contribution < 1.29 is 14.7 Å². The molecule has 4 nitrogen and oxygen atoms in total. The second-order valence-corrected chi connectivity index (χ2v) is 6.75. The van der Waals surface area contributed by atoms with Crippen molar-refractivity contribution in [3.63, 3.8) is 0 Å². The van der Waals surface area contributed by atoms with Gasteiger partial charge in [0.1, 0.15) is 6.54 Å². The molecule has 0 aliphatic heterocycles. The third kappa shape index (κ3) is 2.30. The van der Waals surface area contributed by atoms with Crippen molar-refractivity contribution in [2.45, 2.75) is 32.1 Å². The molecule has 1 amide bonds. The van der Waals surface area contributed by atoms with Crippen molar-refractivity contribution in [1.29, 1.82) is 0 Å². The molecule has 4 fully saturated rings. The number of hydrogen-bond donors (Lipinski definition) is 1. The van der Waals surface area contributed by atoms with Gasteiger partial charge in [-0.3, -0.25) is 9.59 Å². The Balaban J connectivity index is 1.75. The quantitative estimate of drug-likeness (QED) is 0.793. The van der Waals surface area contributed by atoms with Gasteiger partial charge >= 0.3 is 5.97 Å². The standard InChI is InChI=1S/C16H21NO3/c1-2-3-17(9-14(18)19)16(20)15-12-5-10-4-11(7-12)8-13(15)6-10/h1,10-13,15H,3-9H2,(H,18,19). The van der Waals surface area contributed by atoms with Crippen LogP contribution in [0, 0.1) is 41.9 Å². The highest BCUT2D eigenvalue weighted by Gasteiger charge is 2.51. The number of carbonyl (C=O) groups excluding carboxylic acids is 1. The molecule has 0 atom stereocenters. The zero-order valence-electron chi connectivity index (χ0n) is 11.6. The first-order valence-electron chi connectivity index (χ1n) is 7.52. The summed E-state index contributed by atoms with van der Waals surface area (Å²) in [5.41, 5.74) is 0. The Morgan fingerprint density at radius 1 is 1.10 bits per heavy atom. The predicted octanol–water partition coefficient (Wildman–Crippen LogP) is 1.61. The highest BCUT2D eigenvalue weighted by molar-refractivity contribution is 5.84. The molecule has 0 aromatic carbocycles. The summed E-state index contributed by atoms with van der Waals surface area (Å²) in [4.78, 5) is 25.0. The lowest BCUT2D eigenvalue weighted by Crippen LogP contribution is -2.52. The fourth-order valence-corrected chi connectivity index (χ4v) is 5.02. The Morgan fingerprint density at radius 3 is 2.10 bits per heavy atom. The molecule has 4 aliphatic carbocycles. The SMILES string of the molecule is C#CCN(CC(=O)O)C(=O)C1C2CC3CC(C2)CC1C3. The van der Waals surface area contributed by atoms with Crippen LogP contribution in [0.25, 0.3) is 0 Å². The van der Waals surface area contributed by atoms with E-state index >= 15 is 0 Å². The highest BCUT2D eigenvalue weighted by Crippen LogP contribution is 2.56. The van der Waals surface area contributed by atoms with Crippen molar-refractivity contribution >= 4 is 11.9 Å². The Morgan fingerprint density at radius 2 is 1.65 bits per heavy atom. The normalized spacial score (nSPS) is 37.5. The molecule has 0 heterocycles. The highest BCUT2D eigenvalue weighted by atomic mass is 16.4. The average Bonchev–Trinajstić information content (AvgIpc) is 2.36. The van der Waals surface area contributed by atoms with Gasteiger partial charge in [0.15, 0.2) is 0 Å². The lowest BCUT2D eigenvalue weighted by Gasteiger charge is -2.54. The third-order valence-electron chi connectivity index (χ3n) is 5.43. The van der Waals surface area contributed by atoms with Crippen molar-refractivity contribution in [2.24, 2.45) is 29.6 Å². The third-order valence-corrected chi connectivity index (χ3v) is 5.43. The molecule has 0 aromatic heterocycles. The molecule has 0 unspecified atom stereocenters. The minimum atomic E-state index is -0.989. The molecule has 0 spiro atoms. The van der Waals surface area contributed by atoms with E-state index in [1.807, 2.05) is 0 Å². The van der Waals surface area contributed by atoms with Crippen molar-refractivity contribution in [3.05, 3.63) is 0 Å². The molecule has 0 aromatic rings. The number of nitrogens with zero attached hydrogens (tertiary/aromatic N) is 1. The molecule has 4 rings (SSSR count). The molecule has 4 saturated carbocycles. The van der Waals surface area contributed by atoms with E-state index in [0.29, 0.717) is 11.8 Å². The van der Waals surface area contributed by atoms with Gasteiger partial charge in [0.2, 0.25) is 5.91 Å². The first-order chi connectivity index (χ1) is 9.58. The van der Waals surface area contributed by atoms with Crippen LogP contribution in [0.15, 0.2) is 0 Å². The van der Waals surface area contributed by atoms with Crippen LogP contribution in [0.2, 0.25) is 0 Å². The summed E-state index contributed by atoms with van der Waals surface area (Å²) >= 11 is 0. The summed E-state index contributed by atoms with van der Waals surface area (Å²) in [6.07, 6.45) is 11.2. The second kappa shape index (κ2) is 5.12. The molecule has 4 aliphatic rings. The van der Waals surface area contributed by atoms with Gasteiger partial charge in [-0.05, 0) is 55.8 Å². The summed E-state index contributed by atoms with van der Waals surface area (Å²) in [6.45, 7) is -0.167. The summed E-state index contributed by atoms with van der Waals surface area (Å²) in [5, 5.41) is 8.95. The number of carbonyl (C=O) groups is 2. The van der Waals surface area contributed by atoms with E-state index in [1.54, 1.807) is 0 Å². The molecule has 4 bridgehead atoms. The Bertz CT molecular complexity index is 437. The number of carboxylic acid groups (broad SMARTS) is 1. The largest absolute Gasteiger partial charge is 0.480 e. The number of hydrogen-bond acceptors (Lipinski definition) is 2. The molecule has 108 valence electrons. The van der Waals surface area contributed by atoms with Crippen LogP contribution in [0.3, 0.4) is 0 Å². The van der Waals surface area contributed by atoms with Gasteiger partial charge in [-0.25, -0.2) is 0 Å². The fourth-order valence-electron chi connectivity index (χ4n) is 5.02. The molecule has 1 N–H and O–H groups in total. The van der Waals surface area contributed by atoms with Gasteiger partial charge in [0, 0.05) is 5.92 Å². The van der Waals surface area contributed by atoms with E-state index in [1.165, 1.54) is 11.3 Å². The molecule has 0 radical (unpaired) electrons. The van der Waals surface area contributed by atoms with Gasteiger partial charge in [0.05, 0.1) is 6.54 Å². The van der Waals surface area contributed by atoms with Crippen molar-refractivity contribution in [1.82, 2.24) is 4.90 Å². The summed E-state index contributed by atoms with van der Waals surface area (Å²) in [5.74, 6) is 3.98. The lowest BCUT2D eigenvalue weighted by atomic mass is 9.51. The molecular formula is C16H21NO3. The maximum atomic E-state index is 12.7. The zero-order chi connectivity index (χ0) is 14.3. The Kier molecular flexibility index (Phi) is 3.45. The van der Waals surface area contributed by atoms with Gasteiger partial charge in [-0.2, -0.15) is 0 Å². The number of terminal acetylenes is 1. The zero-order valence-corrected chi connectivity index (χ0v) is 11.6. The van der Waals surface area contributed by atoms with E-state index in [9.17, 15) is 9.59 Å². The van der Waals surface area contributed by atoms with Crippen LogP contribution in [-0.2, 0) is 9.59 Å². The summed E-state index contributed by atoms with van der Waals surface area (Å²) in [6, 6.07) is 0. The van der Waals surface area contributed by atoms with Crippen LogP contribution in [-0.4, -0.2) is 35.0 Å². The van der Waals surface area contributed by atoms with Crippen LogP contribution >= 0.6 is 0 Å². The van der Waals surface area contributed by atoms with Crippen LogP contribution < -0.4 is 0 Å². The minimum Gasteiger partial charge on any atom is -0.480 e. The first kappa shape index (κ1) is 13.5. The number of aliphatic carboxylic acids is 1. The molecular weight excluding hydrogens is 254 g/mol. The maximum Gasteiger partial charge on any atom is 0.323 e.